The maximum atomic E-state index is 12.4. The number of hydrogen-bond acceptors (Lipinski definition) is 8. The summed E-state index contributed by atoms with van der Waals surface area (Å²) in [5.74, 6) is 0.217. The van der Waals surface area contributed by atoms with Crippen LogP contribution in [0.2, 0.25) is 0 Å². The molecule has 0 spiro atoms. The third-order valence-electron chi connectivity index (χ3n) is 5.04. The van der Waals surface area contributed by atoms with Crippen LogP contribution in [0.5, 0.6) is 0 Å². The number of rotatable bonds is 6. The van der Waals surface area contributed by atoms with Crippen molar-refractivity contribution in [2.45, 2.75) is 38.8 Å². The van der Waals surface area contributed by atoms with Gasteiger partial charge in [-0.3, -0.25) is 9.78 Å². The molecule has 1 aliphatic carbocycles. The van der Waals surface area contributed by atoms with E-state index in [9.17, 15) is 14.9 Å². The molecule has 0 fully saturated rings. The molecule has 168 valence electrons. The molecular weight excluding hydrogens is 442 g/mol. The zero-order valence-corrected chi connectivity index (χ0v) is 18.6. The molecule has 2 amide bonds. The van der Waals surface area contributed by atoms with Gasteiger partial charge in [0.15, 0.2) is 5.76 Å². The van der Waals surface area contributed by atoms with Gasteiger partial charge in [0.1, 0.15) is 17.2 Å². The maximum Gasteiger partial charge on any atom is 0.407 e. The first-order valence-corrected chi connectivity index (χ1v) is 11.1. The predicted octanol–water partition coefficient (Wildman–Crippen LogP) is 3.75. The number of thiophene rings is 1. The number of carbonyl (C=O) groups excluding carboxylic acids is 2. The zero-order chi connectivity index (χ0) is 23.2. The first-order chi connectivity index (χ1) is 16.0. The summed E-state index contributed by atoms with van der Waals surface area (Å²) in [6, 6.07) is 7.57. The molecule has 1 aliphatic rings. The van der Waals surface area contributed by atoms with Crippen LogP contribution in [-0.2, 0) is 28.9 Å². The van der Waals surface area contributed by atoms with Crippen LogP contribution in [0.4, 0.5) is 9.80 Å². The standard InChI is InChI=1S/C23H21N5O4S/c1-14-9-17(32-28-14)13-26-23(30)31-16-5-6-18-19(11-24)22(33-20(18)10-16)27-21(29)7-4-15-3-2-8-25-12-15/h2-4,7-9,12,16H,5-6,10,13H2,1H3,(H,26,30)(H,27,29)/b7-4+. The molecule has 0 bridgehead atoms. The number of nitrogens with zero attached hydrogens (tertiary/aromatic N) is 3. The van der Waals surface area contributed by atoms with E-state index in [1.54, 1.807) is 37.5 Å². The Labute approximate surface area is 194 Å². The van der Waals surface area contributed by atoms with E-state index >= 15 is 0 Å². The number of nitrogens with one attached hydrogen (secondary N) is 2. The Kier molecular flexibility index (Phi) is 6.80. The molecule has 0 radical (unpaired) electrons. The minimum atomic E-state index is -0.538. The molecule has 3 heterocycles. The quantitative estimate of drug-likeness (QED) is 0.533. The van der Waals surface area contributed by atoms with E-state index in [1.807, 2.05) is 6.07 Å². The van der Waals surface area contributed by atoms with Gasteiger partial charge in [0, 0.05) is 35.8 Å². The lowest BCUT2D eigenvalue weighted by molar-refractivity contribution is -0.111. The van der Waals surface area contributed by atoms with E-state index < -0.39 is 6.09 Å². The van der Waals surface area contributed by atoms with Gasteiger partial charge in [0.25, 0.3) is 0 Å². The Morgan fingerprint density at radius 2 is 2.33 bits per heavy atom. The van der Waals surface area contributed by atoms with E-state index in [-0.39, 0.29) is 18.6 Å². The number of aryl methyl sites for hydroxylation is 1. The normalized spacial score (nSPS) is 15.0. The predicted molar refractivity (Wildman–Crippen MR) is 121 cm³/mol. The van der Waals surface area contributed by atoms with Crippen molar-refractivity contribution in [3.8, 4) is 6.07 Å². The molecule has 33 heavy (non-hydrogen) atoms. The molecule has 4 rings (SSSR count). The summed E-state index contributed by atoms with van der Waals surface area (Å²) in [5, 5.41) is 19.4. The fraction of sp³-hybridized carbons (Fsp3) is 0.261. The smallest absolute Gasteiger partial charge is 0.407 e. The van der Waals surface area contributed by atoms with E-state index in [2.05, 4.69) is 26.8 Å². The Morgan fingerprint density at radius 3 is 3.06 bits per heavy atom. The highest BCUT2D eigenvalue weighted by atomic mass is 32.1. The molecular formula is C23H21N5O4S. The number of aromatic nitrogens is 2. The minimum absolute atomic E-state index is 0.192. The maximum absolute atomic E-state index is 12.4. The van der Waals surface area contributed by atoms with E-state index in [1.165, 1.54) is 17.4 Å². The van der Waals surface area contributed by atoms with Gasteiger partial charge in [-0.25, -0.2) is 4.79 Å². The Morgan fingerprint density at radius 1 is 1.45 bits per heavy atom. The van der Waals surface area contributed by atoms with Crippen LogP contribution in [0.15, 0.2) is 41.2 Å². The van der Waals surface area contributed by atoms with Crippen LogP contribution >= 0.6 is 11.3 Å². The molecule has 1 atom stereocenters. The summed E-state index contributed by atoms with van der Waals surface area (Å²) in [5.41, 5.74) is 2.92. The summed E-state index contributed by atoms with van der Waals surface area (Å²) in [4.78, 5) is 29.4. The Bertz CT molecular complexity index is 1230. The van der Waals surface area contributed by atoms with Gasteiger partial charge in [-0.2, -0.15) is 5.26 Å². The van der Waals surface area contributed by atoms with Crippen LogP contribution in [-0.4, -0.2) is 28.2 Å². The second kappa shape index (κ2) is 10.1. The molecule has 0 aromatic carbocycles. The molecule has 0 saturated heterocycles. The lowest BCUT2D eigenvalue weighted by atomic mass is 9.94. The highest BCUT2D eigenvalue weighted by Gasteiger charge is 2.28. The first kappa shape index (κ1) is 22.2. The highest BCUT2D eigenvalue weighted by molar-refractivity contribution is 7.16. The summed E-state index contributed by atoms with van der Waals surface area (Å²) < 4.78 is 10.6. The van der Waals surface area contributed by atoms with Crippen molar-refractivity contribution in [1.29, 1.82) is 5.26 Å². The van der Waals surface area contributed by atoms with Gasteiger partial charge in [-0.1, -0.05) is 11.2 Å². The number of hydrogen-bond donors (Lipinski definition) is 2. The van der Waals surface area contributed by atoms with Crippen molar-refractivity contribution in [2.24, 2.45) is 0 Å². The summed E-state index contributed by atoms with van der Waals surface area (Å²) in [6.45, 7) is 1.99. The molecule has 2 N–H and O–H groups in total. The number of ether oxygens (including phenoxy) is 1. The molecule has 0 saturated carbocycles. The molecule has 9 nitrogen and oxygen atoms in total. The number of anilines is 1. The van der Waals surface area contributed by atoms with Crippen LogP contribution in [0.3, 0.4) is 0 Å². The van der Waals surface area contributed by atoms with Crippen molar-refractivity contribution in [2.75, 3.05) is 5.32 Å². The third kappa shape index (κ3) is 5.64. The SMILES string of the molecule is Cc1cc(CNC(=O)OC2CCc3c(sc(NC(=O)/C=C/c4cccnc4)c3C#N)C2)on1. The fourth-order valence-corrected chi connectivity index (χ4v) is 4.78. The van der Waals surface area contributed by atoms with E-state index in [0.29, 0.717) is 35.6 Å². The zero-order valence-electron chi connectivity index (χ0n) is 17.8. The van der Waals surface area contributed by atoms with Gasteiger partial charge in [-0.05, 0) is 43.0 Å². The lowest BCUT2D eigenvalue weighted by Crippen LogP contribution is -2.31. The lowest BCUT2D eigenvalue weighted by Gasteiger charge is -2.22. The summed E-state index contributed by atoms with van der Waals surface area (Å²) in [7, 11) is 0. The molecule has 3 aromatic rings. The van der Waals surface area contributed by atoms with Gasteiger partial charge in [0.05, 0.1) is 17.8 Å². The summed E-state index contributed by atoms with van der Waals surface area (Å²) in [6.07, 6.45) is 7.20. The van der Waals surface area contributed by atoms with Crippen LogP contribution in [0, 0.1) is 18.3 Å². The topological polar surface area (TPSA) is 130 Å². The van der Waals surface area contributed by atoms with Gasteiger partial charge >= 0.3 is 6.09 Å². The largest absolute Gasteiger partial charge is 0.446 e. The molecule has 10 heteroatoms. The van der Waals surface area contributed by atoms with Gasteiger partial charge < -0.3 is 19.9 Å². The number of fused-ring (bicyclic) bond motifs is 1. The van der Waals surface area contributed by atoms with Gasteiger partial charge in [-0.15, -0.1) is 11.3 Å². The monoisotopic (exact) mass is 463 g/mol. The van der Waals surface area contributed by atoms with E-state index in [0.717, 1.165) is 21.7 Å². The number of alkyl carbamates (subject to hydrolysis) is 1. The second-order valence-corrected chi connectivity index (χ2v) is 8.59. The van der Waals surface area contributed by atoms with Gasteiger partial charge in [0.2, 0.25) is 5.91 Å². The summed E-state index contributed by atoms with van der Waals surface area (Å²) >= 11 is 1.34. The number of nitriles is 1. The van der Waals surface area contributed by atoms with Crippen molar-refractivity contribution in [1.82, 2.24) is 15.5 Å². The highest BCUT2D eigenvalue weighted by Crippen LogP contribution is 2.38. The van der Waals surface area contributed by atoms with Crippen molar-refractivity contribution >= 4 is 34.4 Å². The van der Waals surface area contributed by atoms with Crippen molar-refractivity contribution in [3.05, 3.63) is 69.7 Å². The average Bonchev–Trinajstić information content (AvgIpc) is 3.38. The van der Waals surface area contributed by atoms with Crippen molar-refractivity contribution < 1.29 is 18.8 Å². The third-order valence-corrected chi connectivity index (χ3v) is 6.21. The van der Waals surface area contributed by atoms with Crippen molar-refractivity contribution in [3.63, 3.8) is 0 Å². The molecule has 0 aliphatic heterocycles. The van der Waals surface area contributed by atoms with E-state index in [4.69, 9.17) is 9.26 Å². The van der Waals surface area contributed by atoms with Crippen LogP contribution < -0.4 is 10.6 Å². The molecule has 3 aromatic heterocycles. The minimum Gasteiger partial charge on any atom is -0.446 e. The first-order valence-electron chi connectivity index (χ1n) is 10.3. The number of pyridine rings is 1. The Hall–Kier alpha value is -3.97. The Balaban J connectivity index is 1.36. The van der Waals surface area contributed by atoms with Crippen LogP contribution in [0.1, 0.15) is 39.4 Å². The number of carbonyl (C=O) groups is 2. The molecule has 1 unspecified atom stereocenters. The number of amides is 2. The fourth-order valence-electron chi connectivity index (χ4n) is 3.51. The van der Waals surface area contributed by atoms with Crippen LogP contribution in [0.25, 0.3) is 6.08 Å². The second-order valence-electron chi connectivity index (χ2n) is 7.49. The average molecular weight is 464 g/mol.